The van der Waals surface area contributed by atoms with Gasteiger partial charge >= 0.3 is 13.0 Å². The van der Waals surface area contributed by atoms with Gasteiger partial charge in [-0.1, -0.05) is 0 Å². The molecule has 0 aliphatic carbocycles. The summed E-state index contributed by atoms with van der Waals surface area (Å²) < 4.78 is 85.2. The standard InChI is InChI=1S/C29H26F6N4O5/c1-28(2,37-24(40)16-4-9-19(10-5-16)43-27(31)32)26(42)36-21-15-39(18-7-11-20(12-8-18)44-29(33,34)35)22-13-6-17(30)14-23(22)38(3)25(21)41/h4-14,21,27H,15H2,1-3H3,(H,36,42)(H,37,40)/t21-/m1/s1. The summed E-state index contributed by atoms with van der Waals surface area (Å²) in [5.41, 5.74) is -0.786. The second kappa shape index (κ2) is 12.3. The molecule has 0 radical (unpaired) electrons. The number of hydrogen-bond donors (Lipinski definition) is 2. The number of carbonyl (C=O) groups excluding carboxylic acids is 3. The van der Waals surface area contributed by atoms with E-state index >= 15 is 0 Å². The van der Waals surface area contributed by atoms with Crippen molar-refractivity contribution in [3.63, 3.8) is 0 Å². The highest BCUT2D eigenvalue weighted by Gasteiger charge is 2.38. The molecule has 0 bridgehead atoms. The molecule has 3 aromatic rings. The first-order valence-corrected chi connectivity index (χ1v) is 12.9. The summed E-state index contributed by atoms with van der Waals surface area (Å²) in [6, 6.07) is 11.9. The van der Waals surface area contributed by atoms with E-state index in [1.54, 1.807) is 0 Å². The molecule has 15 heteroatoms. The number of halogens is 6. The van der Waals surface area contributed by atoms with Gasteiger partial charge in [0.2, 0.25) is 5.91 Å². The predicted molar refractivity (Wildman–Crippen MR) is 146 cm³/mol. The number of benzene rings is 3. The molecule has 1 heterocycles. The molecule has 44 heavy (non-hydrogen) atoms. The molecule has 2 N–H and O–H groups in total. The minimum atomic E-state index is -4.91. The zero-order valence-corrected chi connectivity index (χ0v) is 23.4. The summed E-state index contributed by atoms with van der Waals surface area (Å²) >= 11 is 0. The van der Waals surface area contributed by atoms with E-state index < -0.39 is 53.8 Å². The maximum atomic E-state index is 14.2. The third kappa shape index (κ3) is 7.51. The molecule has 0 fully saturated rings. The van der Waals surface area contributed by atoms with Crippen molar-refractivity contribution in [2.24, 2.45) is 0 Å². The Morgan fingerprint density at radius 3 is 2.14 bits per heavy atom. The SMILES string of the molecule is CN1C(=O)[C@H](NC(=O)C(C)(C)NC(=O)c2ccc(OC(F)F)cc2)CN(c2ccc(OC(F)(F)F)cc2)c2ccc(F)cc21. The summed E-state index contributed by atoms with van der Waals surface area (Å²) in [6.45, 7) is -0.516. The van der Waals surface area contributed by atoms with Crippen LogP contribution in [0.3, 0.4) is 0 Å². The van der Waals surface area contributed by atoms with E-state index in [0.29, 0.717) is 11.4 Å². The zero-order valence-electron chi connectivity index (χ0n) is 23.4. The van der Waals surface area contributed by atoms with E-state index in [2.05, 4.69) is 20.1 Å². The van der Waals surface area contributed by atoms with Crippen LogP contribution in [0.2, 0.25) is 0 Å². The molecule has 4 rings (SSSR count). The van der Waals surface area contributed by atoms with Crippen LogP contribution in [0.4, 0.5) is 43.4 Å². The summed E-state index contributed by atoms with van der Waals surface area (Å²) in [7, 11) is 1.37. The number of anilines is 3. The molecule has 9 nitrogen and oxygen atoms in total. The third-order valence-electron chi connectivity index (χ3n) is 6.61. The Labute approximate surface area is 247 Å². The van der Waals surface area contributed by atoms with Gasteiger partial charge in [0, 0.05) is 18.3 Å². The smallest absolute Gasteiger partial charge is 0.435 e. The van der Waals surface area contributed by atoms with Crippen LogP contribution in [0.15, 0.2) is 66.7 Å². The molecular weight excluding hydrogens is 598 g/mol. The van der Waals surface area contributed by atoms with Gasteiger partial charge in [-0.05, 0) is 80.6 Å². The molecule has 0 unspecified atom stereocenters. The average molecular weight is 625 g/mol. The van der Waals surface area contributed by atoms with Gasteiger partial charge in [-0.15, -0.1) is 13.2 Å². The van der Waals surface area contributed by atoms with Gasteiger partial charge in [0.05, 0.1) is 17.9 Å². The Morgan fingerprint density at radius 2 is 1.55 bits per heavy atom. The van der Waals surface area contributed by atoms with E-state index in [9.17, 15) is 40.7 Å². The molecule has 1 atom stereocenters. The number of amides is 3. The second-order valence-corrected chi connectivity index (χ2v) is 10.2. The molecule has 1 aliphatic rings. The number of rotatable bonds is 8. The van der Waals surface area contributed by atoms with Crippen LogP contribution in [0.5, 0.6) is 11.5 Å². The number of hydrogen-bond acceptors (Lipinski definition) is 6. The lowest BCUT2D eigenvalue weighted by Gasteiger charge is -2.30. The Morgan fingerprint density at radius 1 is 0.932 bits per heavy atom. The molecule has 1 aliphatic heterocycles. The molecule has 0 aromatic heterocycles. The van der Waals surface area contributed by atoms with E-state index in [4.69, 9.17) is 0 Å². The van der Waals surface area contributed by atoms with E-state index in [0.717, 1.165) is 41.3 Å². The fourth-order valence-electron chi connectivity index (χ4n) is 4.42. The molecule has 0 saturated heterocycles. The van der Waals surface area contributed by atoms with Crippen LogP contribution >= 0.6 is 0 Å². The topological polar surface area (TPSA) is 100 Å². The number of nitrogens with zero attached hydrogens (tertiary/aromatic N) is 2. The summed E-state index contributed by atoms with van der Waals surface area (Å²) in [6.07, 6.45) is -4.91. The second-order valence-electron chi connectivity index (χ2n) is 10.2. The van der Waals surface area contributed by atoms with Crippen molar-refractivity contribution < 1.29 is 50.2 Å². The largest absolute Gasteiger partial charge is 0.573 e. The molecular formula is C29H26F6N4O5. The number of likely N-dealkylation sites (N-methyl/N-ethyl adjacent to an activating group) is 1. The monoisotopic (exact) mass is 624 g/mol. The van der Waals surface area contributed by atoms with Crippen LogP contribution in [-0.2, 0) is 9.59 Å². The lowest BCUT2D eigenvalue weighted by molar-refractivity contribution is -0.274. The van der Waals surface area contributed by atoms with Crippen molar-refractivity contribution in [3.8, 4) is 11.5 Å². The number of ether oxygens (including phenoxy) is 2. The van der Waals surface area contributed by atoms with Crippen molar-refractivity contribution in [1.82, 2.24) is 10.6 Å². The minimum Gasteiger partial charge on any atom is -0.435 e. The Hall–Kier alpha value is -4.95. The summed E-state index contributed by atoms with van der Waals surface area (Å²) in [5, 5.41) is 5.12. The normalized spacial score (nSPS) is 15.4. The summed E-state index contributed by atoms with van der Waals surface area (Å²) in [4.78, 5) is 42.3. The maximum absolute atomic E-state index is 14.2. The van der Waals surface area contributed by atoms with E-state index in [1.807, 2.05) is 0 Å². The molecule has 3 amide bonds. The van der Waals surface area contributed by atoms with E-state index in [-0.39, 0.29) is 23.5 Å². The van der Waals surface area contributed by atoms with Crippen molar-refractivity contribution >= 4 is 34.8 Å². The average Bonchev–Trinajstić information content (AvgIpc) is 3.03. The van der Waals surface area contributed by atoms with Gasteiger partial charge in [0.15, 0.2) is 0 Å². The Balaban J connectivity index is 1.57. The van der Waals surface area contributed by atoms with Gasteiger partial charge in [0.1, 0.15) is 28.9 Å². The summed E-state index contributed by atoms with van der Waals surface area (Å²) in [5.74, 6) is -3.44. The molecule has 3 aromatic carbocycles. The minimum absolute atomic E-state index is 0.0411. The van der Waals surface area contributed by atoms with Crippen LogP contribution < -0.4 is 29.9 Å². The highest BCUT2D eigenvalue weighted by Crippen LogP contribution is 2.38. The van der Waals surface area contributed by atoms with E-state index in [1.165, 1.54) is 56.1 Å². The number of fused-ring (bicyclic) bond motifs is 1. The van der Waals surface area contributed by atoms with Gasteiger partial charge < -0.3 is 29.9 Å². The highest BCUT2D eigenvalue weighted by atomic mass is 19.4. The van der Waals surface area contributed by atoms with Crippen LogP contribution in [-0.4, -0.2) is 55.9 Å². The van der Waals surface area contributed by atoms with Crippen molar-refractivity contribution in [2.45, 2.75) is 38.4 Å². The maximum Gasteiger partial charge on any atom is 0.573 e. The van der Waals surface area contributed by atoms with Gasteiger partial charge in [-0.25, -0.2) is 4.39 Å². The number of nitrogens with one attached hydrogen (secondary N) is 2. The van der Waals surface area contributed by atoms with Crippen molar-refractivity contribution in [1.29, 1.82) is 0 Å². The first-order chi connectivity index (χ1) is 20.5. The first-order valence-electron chi connectivity index (χ1n) is 12.9. The fourth-order valence-corrected chi connectivity index (χ4v) is 4.42. The predicted octanol–water partition coefficient (Wildman–Crippen LogP) is 5.13. The van der Waals surface area contributed by atoms with Crippen molar-refractivity contribution in [2.75, 3.05) is 23.4 Å². The molecule has 0 saturated carbocycles. The van der Waals surface area contributed by atoms with Gasteiger partial charge in [0.25, 0.3) is 11.8 Å². The lowest BCUT2D eigenvalue weighted by atomic mass is 10.0. The quantitative estimate of drug-likeness (QED) is 0.337. The van der Waals surface area contributed by atoms with Crippen molar-refractivity contribution in [3.05, 3.63) is 78.1 Å². The van der Waals surface area contributed by atoms with Gasteiger partial charge in [-0.3, -0.25) is 14.4 Å². The first kappa shape index (κ1) is 32.0. The Kier molecular flexibility index (Phi) is 8.97. The van der Waals surface area contributed by atoms with Crippen LogP contribution in [0.1, 0.15) is 24.2 Å². The number of alkyl halides is 5. The lowest BCUT2D eigenvalue weighted by Crippen LogP contribution is -2.60. The Bertz CT molecular complexity index is 1530. The highest BCUT2D eigenvalue weighted by molar-refractivity contribution is 6.05. The molecule has 0 spiro atoms. The zero-order chi connectivity index (χ0) is 32.4. The van der Waals surface area contributed by atoms with Gasteiger partial charge in [-0.2, -0.15) is 8.78 Å². The number of carbonyl (C=O) groups is 3. The third-order valence-corrected chi connectivity index (χ3v) is 6.61. The fraction of sp³-hybridized carbons (Fsp3) is 0.276. The molecule has 234 valence electrons. The van der Waals surface area contributed by atoms with Crippen LogP contribution in [0.25, 0.3) is 0 Å². The van der Waals surface area contributed by atoms with Crippen LogP contribution in [0, 0.1) is 5.82 Å².